The minimum absolute atomic E-state index is 0.0356. The molecule has 1 atom stereocenters. The first-order valence-corrected chi connectivity index (χ1v) is 8.78. The Morgan fingerprint density at radius 1 is 1.29 bits per heavy atom. The molecule has 1 amide bonds. The fraction of sp³-hybridized carbons (Fsp3) is 0.632. The van der Waals surface area contributed by atoms with E-state index in [0.29, 0.717) is 19.0 Å². The third kappa shape index (κ3) is 3.90. The van der Waals surface area contributed by atoms with Gasteiger partial charge in [-0.15, -0.1) is 0 Å². The molecule has 0 aromatic heterocycles. The summed E-state index contributed by atoms with van der Waals surface area (Å²) in [5.74, 6) is 1.52. The normalized spacial score (nSPS) is 24.9. The largest absolute Gasteiger partial charge is 0.495 e. The second-order valence-electron chi connectivity index (χ2n) is 7.42. The number of methoxy groups -OCH3 is 1. The molecule has 0 N–H and O–H groups in total. The molecule has 132 valence electrons. The van der Waals surface area contributed by atoms with Crippen LogP contribution in [0.3, 0.4) is 0 Å². The van der Waals surface area contributed by atoms with E-state index in [1.165, 1.54) is 0 Å². The minimum atomic E-state index is -0.0356. The van der Waals surface area contributed by atoms with Crippen LogP contribution in [0.5, 0.6) is 5.75 Å². The van der Waals surface area contributed by atoms with Crippen LogP contribution in [0, 0.1) is 5.92 Å². The standard InChI is InChI=1S/C19H28N2O3/c1-19(2)12-15(8-11-24-19)13-20-9-10-21(18(22)14-20)16-6-4-5-7-17(16)23-3/h4-7,15H,8-14H2,1-3H3/t15-/m1/s1. The van der Waals surface area contributed by atoms with Crippen LogP contribution in [0.2, 0.25) is 0 Å². The highest BCUT2D eigenvalue weighted by Crippen LogP contribution is 2.31. The molecular formula is C19H28N2O3. The number of para-hydroxylation sites is 2. The van der Waals surface area contributed by atoms with Gasteiger partial charge in [-0.3, -0.25) is 9.69 Å². The number of rotatable bonds is 4. The molecule has 3 rings (SSSR count). The molecule has 2 aliphatic rings. The van der Waals surface area contributed by atoms with Gasteiger partial charge in [0.15, 0.2) is 0 Å². The highest BCUT2D eigenvalue weighted by molar-refractivity contribution is 5.96. The van der Waals surface area contributed by atoms with Gasteiger partial charge in [-0.25, -0.2) is 0 Å². The van der Waals surface area contributed by atoms with E-state index in [1.54, 1.807) is 7.11 Å². The van der Waals surface area contributed by atoms with E-state index in [9.17, 15) is 4.79 Å². The number of hydrogen-bond donors (Lipinski definition) is 0. The Labute approximate surface area is 144 Å². The molecule has 1 aromatic rings. The third-order valence-electron chi connectivity index (χ3n) is 4.99. The third-order valence-corrected chi connectivity index (χ3v) is 4.99. The number of benzene rings is 1. The highest BCUT2D eigenvalue weighted by atomic mass is 16.5. The van der Waals surface area contributed by atoms with Gasteiger partial charge in [0.1, 0.15) is 5.75 Å². The molecule has 24 heavy (non-hydrogen) atoms. The molecule has 0 radical (unpaired) electrons. The van der Waals surface area contributed by atoms with Gasteiger partial charge < -0.3 is 14.4 Å². The fourth-order valence-corrected chi connectivity index (χ4v) is 3.86. The second-order valence-corrected chi connectivity index (χ2v) is 7.42. The van der Waals surface area contributed by atoms with Gasteiger partial charge in [-0.1, -0.05) is 12.1 Å². The molecule has 2 saturated heterocycles. The molecule has 2 heterocycles. The maximum atomic E-state index is 12.6. The molecule has 5 nitrogen and oxygen atoms in total. The van der Waals surface area contributed by atoms with Crippen LogP contribution in [0.1, 0.15) is 26.7 Å². The summed E-state index contributed by atoms with van der Waals surface area (Å²) in [6.45, 7) is 8.22. The van der Waals surface area contributed by atoms with Gasteiger partial charge in [-0.05, 0) is 44.7 Å². The van der Waals surface area contributed by atoms with E-state index in [2.05, 4.69) is 18.7 Å². The van der Waals surface area contributed by atoms with Gasteiger partial charge in [0.2, 0.25) is 5.91 Å². The summed E-state index contributed by atoms with van der Waals surface area (Å²) in [6, 6.07) is 7.73. The summed E-state index contributed by atoms with van der Waals surface area (Å²) in [7, 11) is 1.65. The lowest BCUT2D eigenvalue weighted by molar-refractivity contribution is -0.122. The van der Waals surface area contributed by atoms with E-state index in [4.69, 9.17) is 9.47 Å². The first kappa shape index (κ1) is 17.2. The molecule has 0 aliphatic carbocycles. The van der Waals surface area contributed by atoms with Crippen molar-refractivity contribution in [2.45, 2.75) is 32.3 Å². The Hall–Kier alpha value is -1.59. The summed E-state index contributed by atoms with van der Waals surface area (Å²) in [5.41, 5.74) is 0.837. The average molecular weight is 332 g/mol. The number of anilines is 1. The number of hydrogen-bond acceptors (Lipinski definition) is 4. The average Bonchev–Trinajstić information content (AvgIpc) is 2.54. The zero-order valence-electron chi connectivity index (χ0n) is 15.0. The van der Waals surface area contributed by atoms with E-state index in [0.717, 1.165) is 44.0 Å². The molecule has 2 aliphatic heterocycles. The van der Waals surface area contributed by atoms with Crippen LogP contribution in [0.15, 0.2) is 24.3 Å². The SMILES string of the molecule is COc1ccccc1N1CCN(C[C@@H]2CCOC(C)(C)C2)CC1=O. The number of amides is 1. The monoisotopic (exact) mass is 332 g/mol. The quantitative estimate of drug-likeness (QED) is 0.850. The fourth-order valence-electron chi connectivity index (χ4n) is 3.86. The van der Waals surface area contributed by atoms with Crippen molar-refractivity contribution in [2.75, 3.05) is 44.8 Å². The summed E-state index contributed by atoms with van der Waals surface area (Å²) >= 11 is 0. The first-order valence-electron chi connectivity index (χ1n) is 8.78. The zero-order valence-corrected chi connectivity index (χ0v) is 15.0. The van der Waals surface area contributed by atoms with Crippen molar-refractivity contribution in [3.05, 3.63) is 24.3 Å². The molecule has 0 bridgehead atoms. The van der Waals surface area contributed by atoms with Crippen molar-refractivity contribution in [1.82, 2.24) is 4.90 Å². The maximum absolute atomic E-state index is 12.6. The van der Waals surface area contributed by atoms with Gasteiger partial charge >= 0.3 is 0 Å². The molecule has 1 aromatic carbocycles. The topological polar surface area (TPSA) is 42.0 Å². The summed E-state index contributed by atoms with van der Waals surface area (Å²) in [6.07, 6.45) is 2.15. The maximum Gasteiger partial charge on any atom is 0.241 e. The first-order chi connectivity index (χ1) is 11.5. The van der Waals surface area contributed by atoms with Crippen LogP contribution in [0.4, 0.5) is 5.69 Å². The van der Waals surface area contributed by atoms with E-state index in [1.807, 2.05) is 29.2 Å². The van der Waals surface area contributed by atoms with Crippen molar-refractivity contribution in [3.8, 4) is 5.75 Å². The lowest BCUT2D eigenvalue weighted by Crippen LogP contribution is -2.52. The summed E-state index contributed by atoms with van der Waals surface area (Å²) in [4.78, 5) is 16.8. The van der Waals surface area contributed by atoms with Crippen molar-refractivity contribution in [2.24, 2.45) is 5.92 Å². The Morgan fingerprint density at radius 2 is 2.08 bits per heavy atom. The smallest absolute Gasteiger partial charge is 0.241 e. The number of carbonyl (C=O) groups is 1. The highest BCUT2D eigenvalue weighted by Gasteiger charge is 2.32. The number of piperazine rings is 1. The summed E-state index contributed by atoms with van der Waals surface area (Å²) < 4.78 is 11.2. The number of carbonyl (C=O) groups excluding carboxylic acids is 1. The van der Waals surface area contributed by atoms with Crippen molar-refractivity contribution >= 4 is 11.6 Å². The van der Waals surface area contributed by atoms with Crippen molar-refractivity contribution in [1.29, 1.82) is 0 Å². The summed E-state index contributed by atoms with van der Waals surface area (Å²) in [5, 5.41) is 0. The van der Waals surface area contributed by atoms with Crippen LogP contribution in [0.25, 0.3) is 0 Å². The lowest BCUT2D eigenvalue weighted by atomic mass is 9.88. The molecule has 0 spiro atoms. The Kier molecular flexibility index (Phi) is 5.11. The van der Waals surface area contributed by atoms with Gasteiger partial charge in [0.25, 0.3) is 0 Å². The molecule has 5 heteroatoms. The minimum Gasteiger partial charge on any atom is -0.495 e. The number of nitrogens with zero attached hydrogens (tertiary/aromatic N) is 2. The predicted octanol–water partition coefficient (Wildman–Crippen LogP) is 2.55. The second kappa shape index (κ2) is 7.11. The predicted molar refractivity (Wildman–Crippen MR) is 94.5 cm³/mol. The zero-order chi connectivity index (χ0) is 17.2. The van der Waals surface area contributed by atoms with E-state index in [-0.39, 0.29) is 11.5 Å². The lowest BCUT2D eigenvalue weighted by Gasteiger charge is -2.40. The Bertz CT molecular complexity index is 588. The van der Waals surface area contributed by atoms with Crippen molar-refractivity contribution < 1.29 is 14.3 Å². The molecule has 0 saturated carbocycles. The number of ether oxygens (including phenoxy) is 2. The molecule has 0 unspecified atom stereocenters. The van der Waals surface area contributed by atoms with Crippen LogP contribution >= 0.6 is 0 Å². The van der Waals surface area contributed by atoms with E-state index < -0.39 is 0 Å². The van der Waals surface area contributed by atoms with Gasteiger partial charge in [0, 0.05) is 26.2 Å². The van der Waals surface area contributed by atoms with E-state index >= 15 is 0 Å². The molecule has 2 fully saturated rings. The van der Waals surface area contributed by atoms with Crippen LogP contribution in [-0.2, 0) is 9.53 Å². The van der Waals surface area contributed by atoms with Crippen LogP contribution in [-0.4, -0.2) is 56.3 Å². The van der Waals surface area contributed by atoms with Crippen LogP contribution < -0.4 is 9.64 Å². The Morgan fingerprint density at radius 3 is 2.79 bits per heavy atom. The molecular weight excluding hydrogens is 304 g/mol. The van der Waals surface area contributed by atoms with Crippen molar-refractivity contribution in [3.63, 3.8) is 0 Å². The Balaban J connectivity index is 1.60. The van der Waals surface area contributed by atoms with Gasteiger partial charge in [-0.2, -0.15) is 0 Å². The van der Waals surface area contributed by atoms with Gasteiger partial charge in [0.05, 0.1) is 24.9 Å².